The summed E-state index contributed by atoms with van der Waals surface area (Å²) in [5, 5.41) is 10.9. The Kier molecular flexibility index (Phi) is 4.16. The quantitative estimate of drug-likeness (QED) is 0.914. The number of rotatable bonds is 3. The lowest BCUT2D eigenvalue weighted by molar-refractivity contribution is 0.0411. The van der Waals surface area contributed by atoms with Crippen molar-refractivity contribution in [3.8, 4) is 11.5 Å². The van der Waals surface area contributed by atoms with Gasteiger partial charge < -0.3 is 14.6 Å². The molecule has 0 amide bonds. The summed E-state index contributed by atoms with van der Waals surface area (Å²) in [6.45, 7) is 3.39. The second kappa shape index (κ2) is 6.04. The van der Waals surface area contributed by atoms with Gasteiger partial charge in [0.05, 0.1) is 6.10 Å². The van der Waals surface area contributed by atoms with Crippen molar-refractivity contribution in [1.29, 1.82) is 0 Å². The summed E-state index contributed by atoms with van der Waals surface area (Å²) >= 11 is 0. The van der Waals surface area contributed by atoms with Crippen molar-refractivity contribution in [2.45, 2.75) is 45.1 Å². The zero-order valence-corrected chi connectivity index (χ0v) is 12.2. The molecular weight excluding hydrogens is 252 g/mol. The SMILES string of the molecule is CCC1CCCCC1C(O)c1cccc2c1OCCO2. The molecule has 0 saturated heterocycles. The van der Waals surface area contributed by atoms with Crippen molar-refractivity contribution < 1.29 is 14.6 Å². The highest BCUT2D eigenvalue weighted by Gasteiger charge is 2.33. The first kappa shape index (κ1) is 13.7. The van der Waals surface area contributed by atoms with E-state index in [1.807, 2.05) is 18.2 Å². The zero-order chi connectivity index (χ0) is 13.9. The third-order valence-corrected chi connectivity index (χ3v) is 4.81. The van der Waals surface area contributed by atoms with Crippen LogP contribution in [0.4, 0.5) is 0 Å². The summed E-state index contributed by atoms with van der Waals surface area (Å²) < 4.78 is 11.4. The minimum Gasteiger partial charge on any atom is -0.486 e. The van der Waals surface area contributed by atoms with Gasteiger partial charge in [0.1, 0.15) is 13.2 Å². The normalized spacial score (nSPS) is 27.1. The minimum absolute atomic E-state index is 0.353. The lowest BCUT2D eigenvalue weighted by Crippen LogP contribution is -2.26. The summed E-state index contributed by atoms with van der Waals surface area (Å²) in [5.41, 5.74) is 0.910. The monoisotopic (exact) mass is 276 g/mol. The Morgan fingerprint density at radius 2 is 2.00 bits per heavy atom. The van der Waals surface area contributed by atoms with Crippen LogP contribution in [0.5, 0.6) is 11.5 Å². The number of benzene rings is 1. The molecule has 0 spiro atoms. The molecule has 3 heteroatoms. The number of para-hydroxylation sites is 1. The predicted octanol–water partition coefficient (Wildman–Crippen LogP) is 3.71. The second-order valence-corrected chi connectivity index (χ2v) is 5.93. The second-order valence-electron chi connectivity index (χ2n) is 5.93. The zero-order valence-electron chi connectivity index (χ0n) is 12.2. The Morgan fingerprint density at radius 3 is 2.85 bits per heavy atom. The van der Waals surface area contributed by atoms with Crippen LogP contribution in [0, 0.1) is 11.8 Å². The molecule has 3 atom stereocenters. The van der Waals surface area contributed by atoms with Gasteiger partial charge in [0.2, 0.25) is 0 Å². The number of hydrogen-bond acceptors (Lipinski definition) is 3. The van der Waals surface area contributed by atoms with E-state index < -0.39 is 6.10 Å². The summed E-state index contributed by atoms with van der Waals surface area (Å²) in [5.74, 6) is 2.51. The minimum atomic E-state index is -0.433. The number of aliphatic hydroxyl groups is 1. The van der Waals surface area contributed by atoms with Crippen molar-refractivity contribution in [2.24, 2.45) is 11.8 Å². The van der Waals surface area contributed by atoms with E-state index in [-0.39, 0.29) is 0 Å². The average Bonchev–Trinajstić information content (AvgIpc) is 2.53. The molecule has 1 aliphatic carbocycles. The van der Waals surface area contributed by atoms with Gasteiger partial charge in [0.15, 0.2) is 11.5 Å². The van der Waals surface area contributed by atoms with Crippen LogP contribution in [0.15, 0.2) is 18.2 Å². The third kappa shape index (κ3) is 2.51. The molecule has 1 aliphatic heterocycles. The van der Waals surface area contributed by atoms with E-state index in [2.05, 4.69) is 6.92 Å². The Hall–Kier alpha value is -1.22. The number of fused-ring (bicyclic) bond motifs is 1. The van der Waals surface area contributed by atoms with Crippen LogP contribution in [-0.2, 0) is 0 Å². The van der Waals surface area contributed by atoms with E-state index >= 15 is 0 Å². The molecule has 0 radical (unpaired) electrons. The summed E-state index contributed by atoms with van der Waals surface area (Å²) in [4.78, 5) is 0. The van der Waals surface area contributed by atoms with Crippen LogP contribution in [0.25, 0.3) is 0 Å². The molecule has 2 aliphatic rings. The maximum absolute atomic E-state index is 10.9. The summed E-state index contributed by atoms with van der Waals surface area (Å²) in [6.07, 6.45) is 5.60. The van der Waals surface area contributed by atoms with E-state index in [0.717, 1.165) is 29.9 Å². The maximum Gasteiger partial charge on any atom is 0.167 e. The number of ether oxygens (including phenoxy) is 2. The molecule has 110 valence electrons. The Labute approximate surface area is 120 Å². The van der Waals surface area contributed by atoms with Crippen molar-refractivity contribution >= 4 is 0 Å². The first-order valence-electron chi connectivity index (χ1n) is 7.88. The standard InChI is InChI=1S/C17H24O3/c1-2-12-6-3-4-7-13(12)16(18)14-8-5-9-15-17(14)20-11-10-19-15/h5,8-9,12-13,16,18H,2-4,6-7,10-11H2,1H3. The van der Waals surface area contributed by atoms with E-state index in [4.69, 9.17) is 9.47 Å². The fourth-order valence-electron chi connectivity index (χ4n) is 3.72. The fraction of sp³-hybridized carbons (Fsp3) is 0.647. The van der Waals surface area contributed by atoms with Gasteiger partial charge in [-0.1, -0.05) is 44.7 Å². The molecule has 1 aromatic carbocycles. The topological polar surface area (TPSA) is 38.7 Å². The number of hydrogen-bond donors (Lipinski definition) is 1. The van der Waals surface area contributed by atoms with Gasteiger partial charge in [0.25, 0.3) is 0 Å². The van der Waals surface area contributed by atoms with E-state index in [1.165, 1.54) is 19.3 Å². The molecule has 20 heavy (non-hydrogen) atoms. The molecule has 0 aromatic heterocycles. The van der Waals surface area contributed by atoms with Gasteiger partial charge in [-0.05, 0) is 24.3 Å². The van der Waals surface area contributed by atoms with Crippen LogP contribution >= 0.6 is 0 Å². The van der Waals surface area contributed by atoms with Gasteiger partial charge in [0, 0.05) is 5.56 Å². The van der Waals surface area contributed by atoms with Gasteiger partial charge in [-0.2, -0.15) is 0 Å². The van der Waals surface area contributed by atoms with Crippen LogP contribution < -0.4 is 9.47 Å². The van der Waals surface area contributed by atoms with E-state index in [0.29, 0.717) is 25.0 Å². The summed E-state index contributed by atoms with van der Waals surface area (Å²) in [7, 11) is 0. The highest BCUT2D eigenvalue weighted by atomic mass is 16.6. The number of aliphatic hydroxyl groups excluding tert-OH is 1. The molecule has 3 rings (SSSR count). The fourth-order valence-corrected chi connectivity index (χ4v) is 3.72. The van der Waals surface area contributed by atoms with Crippen LogP contribution in [-0.4, -0.2) is 18.3 Å². The van der Waals surface area contributed by atoms with Crippen molar-refractivity contribution in [3.63, 3.8) is 0 Å². The highest BCUT2D eigenvalue weighted by Crippen LogP contribution is 2.45. The van der Waals surface area contributed by atoms with Gasteiger partial charge in [-0.15, -0.1) is 0 Å². The molecule has 1 N–H and O–H groups in total. The van der Waals surface area contributed by atoms with E-state index in [9.17, 15) is 5.11 Å². The average molecular weight is 276 g/mol. The molecule has 3 nitrogen and oxygen atoms in total. The lowest BCUT2D eigenvalue weighted by atomic mass is 9.73. The molecule has 3 unspecified atom stereocenters. The predicted molar refractivity (Wildman–Crippen MR) is 78.1 cm³/mol. The third-order valence-electron chi connectivity index (χ3n) is 4.81. The lowest BCUT2D eigenvalue weighted by Gasteiger charge is -2.35. The van der Waals surface area contributed by atoms with Crippen LogP contribution in [0.1, 0.15) is 50.7 Å². The molecular formula is C17H24O3. The van der Waals surface area contributed by atoms with Gasteiger partial charge in [-0.25, -0.2) is 0 Å². The van der Waals surface area contributed by atoms with Crippen molar-refractivity contribution in [3.05, 3.63) is 23.8 Å². The molecule has 0 bridgehead atoms. The highest BCUT2D eigenvalue weighted by molar-refractivity contribution is 5.48. The largest absolute Gasteiger partial charge is 0.486 e. The Balaban J connectivity index is 1.88. The molecule has 1 fully saturated rings. The molecule has 1 heterocycles. The van der Waals surface area contributed by atoms with Crippen LogP contribution in [0.3, 0.4) is 0 Å². The maximum atomic E-state index is 10.9. The Morgan fingerprint density at radius 1 is 1.20 bits per heavy atom. The first-order chi connectivity index (χ1) is 9.81. The first-order valence-corrected chi connectivity index (χ1v) is 7.88. The summed E-state index contributed by atoms with van der Waals surface area (Å²) in [6, 6.07) is 5.86. The van der Waals surface area contributed by atoms with Crippen LogP contribution in [0.2, 0.25) is 0 Å². The van der Waals surface area contributed by atoms with E-state index in [1.54, 1.807) is 0 Å². The molecule has 1 saturated carbocycles. The van der Waals surface area contributed by atoms with Gasteiger partial charge in [-0.3, -0.25) is 0 Å². The van der Waals surface area contributed by atoms with Gasteiger partial charge >= 0.3 is 0 Å². The molecule has 1 aromatic rings. The van der Waals surface area contributed by atoms with Crippen molar-refractivity contribution in [2.75, 3.05) is 13.2 Å². The van der Waals surface area contributed by atoms with Crippen molar-refractivity contribution in [1.82, 2.24) is 0 Å². The Bertz CT molecular complexity index is 458. The smallest absolute Gasteiger partial charge is 0.167 e.